The first-order valence-corrected chi connectivity index (χ1v) is 5.32. The van der Waals surface area contributed by atoms with Crippen LogP contribution in [0.5, 0.6) is 5.75 Å². The summed E-state index contributed by atoms with van der Waals surface area (Å²) in [5.74, 6) is 0.707. The minimum atomic E-state index is 0.287. The number of hydrogen-bond donors (Lipinski definition) is 1. The van der Waals surface area contributed by atoms with Gasteiger partial charge in [0.2, 0.25) is 0 Å². The van der Waals surface area contributed by atoms with Crippen molar-refractivity contribution in [2.24, 2.45) is 5.16 Å². The second kappa shape index (κ2) is 6.18. The Kier molecular flexibility index (Phi) is 4.86. The van der Waals surface area contributed by atoms with E-state index in [0.717, 1.165) is 5.56 Å². The van der Waals surface area contributed by atoms with E-state index in [0.29, 0.717) is 22.9 Å². The second-order valence-corrected chi connectivity index (χ2v) is 3.77. The SMILES string of the molecule is C=C(Cl)COc1ccc(/C(CC)=N/O)cc1. The molecule has 16 heavy (non-hydrogen) atoms. The van der Waals surface area contributed by atoms with Gasteiger partial charge in [0.15, 0.2) is 0 Å². The van der Waals surface area contributed by atoms with Crippen LogP contribution in [0.15, 0.2) is 41.0 Å². The van der Waals surface area contributed by atoms with Crippen molar-refractivity contribution < 1.29 is 9.94 Å². The summed E-state index contributed by atoms with van der Waals surface area (Å²) in [7, 11) is 0. The van der Waals surface area contributed by atoms with Gasteiger partial charge in [-0.05, 0) is 36.2 Å². The highest BCUT2D eigenvalue weighted by Gasteiger charge is 2.02. The summed E-state index contributed by atoms with van der Waals surface area (Å²) in [6, 6.07) is 7.28. The Morgan fingerprint density at radius 2 is 2.06 bits per heavy atom. The van der Waals surface area contributed by atoms with E-state index < -0.39 is 0 Å². The fourth-order valence-corrected chi connectivity index (χ4v) is 1.29. The molecule has 0 saturated heterocycles. The van der Waals surface area contributed by atoms with Crippen molar-refractivity contribution >= 4 is 17.3 Å². The number of ether oxygens (including phenoxy) is 1. The summed E-state index contributed by atoms with van der Waals surface area (Å²) in [4.78, 5) is 0. The van der Waals surface area contributed by atoms with Gasteiger partial charge in [0.05, 0.1) is 5.71 Å². The molecule has 0 bridgehead atoms. The highest BCUT2D eigenvalue weighted by atomic mass is 35.5. The normalized spacial score (nSPS) is 11.2. The maximum absolute atomic E-state index is 8.75. The standard InChI is InChI=1S/C12H14ClNO2/c1-3-12(14-15)10-4-6-11(7-5-10)16-8-9(2)13/h4-7,15H,2-3,8H2,1H3/b14-12+. The Bertz CT molecular complexity index is 385. The van der Waals surface area contributed by atoms with Crippen LogP contribution in [0.3, 0.4) is 0 Å². The Morgan fingerprint density at radius 3 is 2.50 bits per heavy atom. The van der Waals surface area contributed by atoms with Crippen LogP contribution in [0.25, 0.3) is 0 Å². The zero-order chi connectivity index (χ0) is 12.0. The van der Waals surface area contributed by atoms with Crippen LogP contribution in [0.4, 0.5) is 0 Å². The molecule has 0 heterocycles. The van der Waals surface area contributed by atoms with Gasteiger partial charge in [-0.25, -0.2) is 0 Å². The third-order valence-corrected chi connectivity index (χ3v) is 2.15. The monoisotopic (exact) mass is 239 g/mol. The highest BCUT2D eigenvalue weighted by Crippen LogP contribution is 2.15. The van der Waals surface area contributed by atoms with Crippen molar-refractivity contribution in [3.05, 3.63) is 41.4 Å². The average Bonchev–Trinajstić information content (AvgIpc) is 2.29. The lowest BCUT2D eigenvalue weighted by Gasteiger charge is -2.06. The van der Waals surface area contributed by atoms with E-state index in [9.17, 15) is 0 Å². The lowest BCUT2D eigenvalue weighted by Crippen LogP contribution is -2.00. The zero-order valence-electron chi connectivity index (χ0n) is 9.11. The van der Waals surface area contributed by atoms with E-state index in [1.165, 1.54) is 0 Å². The molecule has 1 aromatic carbocycles. The molecule has 0 radical (unpaired) electrons. The molecule has 0 atom stereocenters. The molecule has 0 saturated carbocycles. The predicted octanol–water partition coefficient (Wildman–Crippen LogP) is 3.41. The third-order valence-electron chi connectivity index (χ3n) is 2.04. The first-order chi connectivity index (χ1) is 7.67. The van der Waals surface area contributed by atoms with Gasteiger partial charge in [-0.3, -0.25) is 0 Å². The predicted molar refractivity (Wildman–Crippen MR) is 65.5 cm³/mol. The Hall–Kier alpha value is -1.48. The van der Waals surface area contributed by atoms with Crippen LogP contribution in [0, 0.1) is 0 Å². The van der Waals surface area contributed by atoms with Crippen LogP contribution >= 0.6 is 11.6 Å². The number of oxime groups is 1. The second-order valence-electron chi connectivity index (χ2n) is 3.23. The van der Waals surface area contributed by atoms with Gasteiger partial charge in [0.25, 0.3) is 0 Å². The van der Waals surface area contributed by atoms with Gasteiger partial charge in [-0.15, -0.1) is 0 Å². The topological polar surface area (TPSA) is 41.8 Å². The lowest BCUT2D eigenvalue weighted by molar-refractivity contribution is 0.318. The molecule has 86 valence electrons. The number of hydrogen-bond acceptors (Lipinski definition) is 3. The molecule has 0 aliphatic heterocycles. The third kappa shape index (κ3) is 3.59. The molecule has 0 aromatic heterocycles. The molecular formula is C12H14ClNO2. The molecule has 4 heteroatoms. The smallest absolute Gasteiger partial charge is 0.123 e. The first kappa shape index (κ1) is 12.6. The van der Waals surface area contributed by atoms with Crippen molar-refractivity contribution in [3.63, 3.8) is 0 Å². The Balaban J connectivity index is 2.71. The summed E-state index contributed by atoms with van der Waals surface area (Å²) >= 11 is 5.58. The van der Waals surface area contributed by atoms with Crippen molar-refractivity contribution in [2.45, 2.75) is 13.3 Å². The first-order valence-electron chi connectivity index (χ1n) is 4.94. The molecule has 1 rings (SSSR count). The molecule has 0 fully saturated rings. The van der Waals surface area contributed by atoms with E-state index in [1.807, 2.05) is 19.1 Å². The number of nitrogens with zero attached hydrogens (tertiary/aromatic N) is 1. The van der Waals surface area contributed by atoms with Crippen LogP contribution in [0.2, 0.25) is 0 Å². The fourth-order valence-electron chi connectivity index (χ4n) is 1.24. The molecule has 1 N–H and O–H groups in total. The molecule has 1 aromatic rings. The van der Waals surface area contributed by atoms with E-state index in [-0.39, 0.29) is 6.61 Å². The Morgan fingerprint density at radius 1 is 1.44 bits per heavy atom. The summed E-state index contributed by atoms with van der Waals surface area (Å²) in [6.45, 7) is 5.75. The molecule has 0 spiro atoms. The zero-order valence-corrected chi connectivity index (χ0v) is 9.87. The van der Waals surface area contributed by atoms with Crippen LogP contribution < -0.4 is 4.74 Å². The molecular weight excluding hydrogens is 226 g/mol. The number of halogens is 1. The number of benzene rings is 1. The van der Waals surface area contributed by atoms with Gasteiger partial charge in [0, 0.05) is 5.03 Å². The van der Waals surface area contributed by atoms with Gasteiger partial charge in [-0.2, -0.15) is 0 Å². The number of rotatable bonds is 5. The maximum atomic E-state index is 8.75. The van der Waals surface area contributed by atoms with Gasteiger partial charge in [0.1, 0.15) is 12.4 Å². The Labute approximate surface area is 100.0 Å². The molecule has 3 nitrogen and oxygen atoms in total. The summed E-state index contributed by atoms with van der Waals surface area (Å²) in [6.07, 6.45) is 0.676. The summed E-state index contributed by atoms with van der Waals surface area (Å²) in [5.41, 5.74) is 1.52. The minimum Gasteiger partial charge on any atom is -0.488 e. The van der Waals surface area contributed by atoms with E-state index in [2.05, 4.69) is 11.7 Å². The lowest BCUT2D eigenvalue weighted by atomic mass is 10.1. The largest absolute Gasteiger partial charge is 0.488 e. The van der Waals surface area contributed by atoms with Crippen molar-refractivity contribution in [2.75, 3.05) is 6.61 Å². The highest BCUT2D eigenvalue weighted by molar-refractivity contribution is 6.29. The van der Waals surface area contributed by atoms with Crippen molar-refractivity contribution in [1.29, 1.82) is 0 Å². The summed E-state index contributed by atoms with van der Waals surface area (Å²) < 4.78 is 5.34. The maximum Gasteiger partial charge on any atom is 0.123 e. The average molecular weight is 240 g/mol. The van der Waals surface area contributed by atoms with Crippen LogP contribution in [0.1, 0.15) is 18.9 Å². The molecule has 0 unspecified atom stereocenters. The molecule has 0 aliphatic rings. The van der Waals surface area contributed by atoms with Crippen molar-refractivity contribution in [1.82, 2.24) is 0 Å². The van der Waals surface area contributed by atoms with Crippen LogP contribution in [-0.2, 0) is 0 Å². The molecule has 0 aliphatic carbocycles. The van der Waals surface area contributed by atoms with Gasteiger partial charge >= 0.3 is 0 Å². The van der Waals surface area contributed by atoms with E-state index in [1.54, 1.807) is 12.1 Å². The van der Waals surface area contributed by atoms with Crippen molar-refractivity contribution in [3.8, 4) is 5.75 Å². The van der Waals surface area contributed by atoms with Gasteiger partial charge in [-0.1, -0.05) is 30.3 Å². The van der Waals surface area contributed by atoms with Crippen LogP contribution in [-0.4, -0.2) is 17.5 Å². The van der Waals surface area contributed by atoms with E-state index >= 15 is 0 Å². The van der Waals surface area contributed by atoms with Gasteiger partial charge < -0.3 is 9.94 Å². The minimum absolute atomic E-state index is 0.287. The summed E-state index contributed by atoms with van der Waals surface area (Å²) in [5, 5.41) is 12.4. The fraction of sp³-hybridized carbons (Fsp3) is 0.250. The van der Waals surface area contributed by atoms with E-state index in [4.69, 9.17) is 21.5 Å². The molecule has 0 amide bonds. The quantitative estimate of drug-likeness (QED) is 0.486.